The summed E-state index contributed by atoms with van der Waals surface area (Å²) in [7, 11) is 0. The lowest BCUT2D eigenvalue weighted by molar-refractivity contribution is -0.0501. The maximum atomic E-state index is 10.6. The number of anilines is 2. The summed E-state index contributed by atoms with van der Waals surface area (Å²) in [5.41, 5.74) is 9.88. The highest BCUT2D eigenvalue weighted by atomic mass is 16.6. The molecular formula is C23H24N6O4. The van der Waals surface area contributed by atoms with Gasteiger partial charge in [-0.1, -0.05) is 54.6 Å². The van der Waals surface area contributed by atoms with E-state index in [0.717, 1.165) is 16.7 Å². The molecule has 5 rings (SSSR count). The van der Waals surface area contributed by atoms with E-state index in [0.29, 0.717) is 23.7 Å². The summed E-state index contributed by atoms with van der Waals surface area (Å²) in [6.45, 7) is -0.0256. The third-order valence-corrected chi connectivity index (χ3v) is 5.82. The number of aliphatic hydroxyl groups is 3. The van der Waals surface area contributed by atoms with Crippen LogP contribution in [0.25, 0.3) is 22.3 Å². The third kappa shape index (κ3) is 3.79. The molecule has 0 bridgehead atoms. The SMILES string of the molecule is Nc1ncnc2c1nc(NCc1ccccc1-c1ccccc1)n2[C@@H]1O[C@H](CO)[C@@H](O)[C@H]1O. The molecule has 0 aliphatic carbocycles. The number of rotatable bonds is 6. The van der Waals surface area contributed by atoms with Crippen LogP contribution < -0.4 is 11.1 Å². The van der Waals surface area contributed by atoms with Gasteiger partial charge in [-0.25, -0.2) is 15.0 Å². The average Bonchev–Trinajstić information content (AvgIpc) is 3.36. The number of fused-ring (bicyclic) bond motifs is 1. The number of imidazole rings is 1. The predicted octanol–water partition coefficient (Wildman–Crippen LogP) is 1.30. The minimum absolute atomic E-state index is 0.179. The molecule has 1 fully saturated rings. The Morgan fingerprint density at radius 3 is 2.52 bits per heavy atom. The monoisotopic (exact) mass is 448 g/mol. The first-order valence-corrected chi connectivity index (χ1v) is 10.6. The molecule has 0 amide bonds. The molecule has 1 saturated heterocycles. The van der Waals surface area contributed by atoms with Crippen molar-refractivity contribution in [3.63, 3.8) is 0 Å². The van der Waals surface area contributed by atoms with E-state index in [-0.39, 0.29) is 5.82 Å². The molecule has 6 N–H and O–H groups in total. The third-order valence-electron chi connectivity index (χ3n) is 5.82. The molecule has 2 aromatic heterocycles. The van der Waals surface area contributed by atoms with Crippen LogP contribution in [0.2, 0.25) is 0 Å². The number of ether oxygens (including phenoxy) is 1. The number of hydrogen-bond donors (Lipinski definition) is 5. The van der Waals surface area contributed by atoms with Gasteiger partial charge in [0, 0.05) is 6.54 Å². The lowest BCUT2D eigenvalue weighted by atomic mass is 10.00. The van der Waals surface area contributed by atoms with Gasteiger partial charge in [0.1, 0.15) is 24.6 Å². The van der Waals surface area contributed by atoms with Crippen LogP contribution in [-0.4, -0.2) is 59.8 Å². The molecule has 170 valence electrons. The smallest absolute Gasteiger partial charge is 0.207 e. The van der Waals surface area contributed by atoms with Crippen LogP contribution in [-0.2, 0) is 11.3 Å². The van der Waals surface area contributed by atoms with Gasteiger partial charge in [-0.15, -0.1) is 0 Å². The summed E-state index contributed by atoms with van der Waals surface area (Å²) in [5, 5.41) is 33.7. The van der Waals surface area contributed by atoms with E-state index in [1.807, 2.05) is 54.6 Å². The van der Waals surface area contributed by atoms with Crippen LogP contribution in [0.5, 0.6) is 0 Å². The summed E-state index contributed by atoms with van der Waals surface area (Å²) >= 11 is 0. The number of nitrogens with zero attached hydrogens (tertiary/aromatic N) is 4. The molecule has 10 nitrogen and oxygen atoms in total. The van der Waals surface area contributed by atoms with E-state index in [1.54, 1.807) is 4.57 Å². The molecule has 0 saturated carbocycles. The van der Waals surface area contributed by atoms with Gasteiger partial charge in [0.05, 0.1) is 6.61 Å². The first-order chi connectivity index (χ1) is 16.1. The van der Waals surface area contributed by atoms with E-state index in [1.165, 1.54) is 6.33 Å². The number of benzene rings is 2. The number of hydrogen-bond acceptors (Lipinski definition) is 9. The second-order valence-corrected chi connectivity index (χ2v) is 7.84. The second kappa shape index (κ2) is 8.75. The van der Waals surface area contributed by atoms with Crippen molar-refractivity contribution in [1.82, 2.24) is 19.5 Å². The fourth-order valence-electron chi connectivity index (χ4n) is 4.13. The highest BCUT2D eigenvalue weighted by molar-refractivity contribution is 5.84. The molecule has 3 heterocycles. The van der Waals surface area contributed by atoms with Crippen LogP contribution >= 0.6 is 0 Å². The number of nitrogens with two attached hydrogens (primary N) is 1. The van der Waals surface area contributed by atoms with Gasteiger partial charge in [-0.05, 0) is 16.7 Å². The molecule has 33 heavy (non-hydrogen) atoms. The number of aliphatic hydroxyl groups excluding tert-OH is 3. The zero-order valence-corrected chi connectivity index (χ0v) is 17.6. The van der Waals surface area contributed by atoms with Gasteiger partial charge in [0.2, 0.25) is 5.95 Å². The Kier molecular flexibility index (Phi) is 5.65. The van der Waals surface area contributed by atoms with Crippen molar-refractivity contribution < 1.29 is 20.1 Å². The van der Waals surface area contributed by atoms with Crippen molar-refractivity contribution in [2.24, 2.45) is 0 Å². The quantitative estimate of drug-likeness (QED) is 0.294. The van der Waals surface area contributed by atoms with E-state index < -0.39 is 31.1 Å². The van der Waals surface area contributed by atoms with Crippen molar-refractivity contribution in [3.8, 4) is 11.1 Å². The van der Waals surface area contributed by atoms with Crippen LogP contribution in [0.3, 0.4) is 0 Å². The Hall–Kier alpha value is -3.57. The normalized spacial score (nSPS) is 22.6. The molecule has 0 spiro atoms. The molecule has 0 unspecified atom stereocenters. The molecule has 4 atom stereocenters. The molecule has 1 aliphatic rings. The van der Waals surface area contributed by atoms with Crippen LogP contribution in [0, 0.1) is 0 Å². The van der Waals surface area contributed by atoms with Gasteiger partial charge in [-0.3, -0.25) is 4.57 Å². The zero-order valence-electron chi connectivity index (χ0n) is 17.6. The predicted molar refractivity (Wildman–Crippen MR) is 122 cm³/mol. The van der Waals surface area contributed by atoms with Gasteiger partial charge < -0.3 is 31.1 Å². The van der Waals surface area contributed by atoms with Crippen molar-refractivity contribution in [2.75, 3.05) is 17.7 Å². The molecule has 10 heteroatoms. The summed E-state index contributed by atoms with van der Waals surface area (Å²) in [6, 6.07) is 18.0. The molecule has 1 aliphatic heterocycles. The standard InChI is InChI=1S/C23H24N6O4/c24-20-17-21(27-12-26-20)29(22-19(32)18(31)16(11-30)33-22)23(28-17)25-10-14-8-4-5-9-15(14)13-6-2-1-3-7-13/h1-9,12,16,18-19,22,30-32H,10-11H2,(H,25,28)(H2,24,26,27)/t16-,18-,19-,22-/m1/s1. The Labute approximate surface area is 189 Å². The Morgan fingerprint density at radius 1 is 1.00 bits per heavy atom. The summed E-state index contributed by atoms with van der Waals surface area (Å²) < 4.78 is 7.29. The first-order valence-electron chi connectivity index (χ1n) is 10.6. The topological polar surface area (TPSA) is 152 Å². The number of nitrogen functional groups attached to an aromatic ring is 1. The Balaban J connectivity index is 1.53. The van der Waals surface area contributed by atoms with Gasteiger partial charge >= 0.3 is 0 Å². The second-order valence-electron chi connectivity index (χ2n) is 7.84. The van der Waals surface area contributed by atoms with Crippen LogP contribution in [0.1, 0.15) is 11.8 Å². The maximum absolute atomic E-state index is 10.6. The van der Waals surface area contributed by atoms with Crippen molar-refractivity contribution >= 4 is 22.9 Å². The van der Waals surface area contributed by atoms with Crippen molar-refractivity contribution in [2.45, 2.75) is 31.1 Å². The highest BCUT2D eigenvalue weighted by Crippen LogP contribution is 2.35. The van der Waals surface area contributed by atoms with Crippen LogP contribution in [0.15, 0.2) is 60.9 Å². The van der Waals surface area contributed by atoms with E-state index in [2.05, 4.69) is 20.3 Å². The summed E-state index contributed by atoms with van der Waals surface area (Å²) in [6.07, 6.45) is -3.22. The molecule has 4 aromatic rings. The lowest BCUT2D eigenvalue weighted by Gasteiger charge is -2.20. The number of nitrogens with one attached hydrogen (secondary N) is 1. The summed E-state index contributed by atoms with van der Waals surface area (Å²) in [4.78, 5) is 12.8. The van der Waals surface area contributed by atoms with Gasteiger partial charge in [-0.2, -0.15) is 0 Å². The minimum Gasteiger partial charge on any atom is -0.394 e. The minimum atomic E-state index is -1.30. The molecule has 0 radical (unpaired) electrons. The van der Waals surface area contributed by atoms with E-state index in [9.17, 15) is 15.3 Å². The van der Waals surface area contributed by atoms with Crippen molar-refractivity contribution in [3.05, 3.63) is 66.5 Å². The van der Waals surface area contributed by atoms with Crippen molar-refractivity contribution in [1.29, 1.82) is 0 Å². The van der Waals surface area contributed by atoms with Gasteiger partial charge in [0.25, 0.3) is 0 Å². The number of aromatic nitrogens is 4. The fourth-order valence-corrected chi connectivity index (χ4v) is 4.13. The zero-order chi connectivity index (χ0) is 22.9. The lowest BCUT2D eigenvalue weighted by Crippen LogP contribution is -2.33. The Bertz CT molecular complexity index is 1260. The molecular weight excluding hydrogens is 424 g/mol. The molecule has 2 aromatic carbocycles. The highest BCUT2D eigenvalue weighted by Gasteiger charge is 2.45. The summed E-state index contributed by atoms with van der Waals surface area (Å²) in [5.74, 6) is 0.521. The average molecular weight is 448 g/mol. The van der Waals surface area contributed by atoms with E-state index >= 15 is 0 Å². The largest absolute Gasteiger partial charge is 0.394 e. The first kappa shape index (κ1) is 21.3. The van der Waals surface area contributed by atoms with E-state index in [4.69, 9.17) is 10.5 Å². The maximum Gasteiger partial charge on any atom is 0.207 e. The Morgan fingerprint density at radius 2 is 1.76 bits per heavy atom. The van der Waals surface area contributed by atoms with Crippen LogP contribution in [0.4, 0.5) is 11.8 Å². The van der Waals surface area contributed by atoms with Gasteiger partial charge in [0.15, 0.2) is 23.2 Å². The fraction of sp³-hybridized carbons (Fsp3) is 0.261.